The van der Waals surface area contributed by atoms with Crippen molar-refractivity contribution in [2.45, 2.75) is 19.4 Å². The van der Waals surface area contributed by atoms with Crippen molar-refractivity contribution in [3.63, 3.8) is 0 Å². The molecule has 0 saturated carbocycles. The van der Waals surface area contributed by atoms with E-state index in [0.717, 1.165) is 25.2 Å². The minimum Gasteiger partial charge on any atom is -0.318 e. The molecule has 0 saturated heterocycles. The number of imidazole rings is 1. The van der Waals surface area contributed by atoms with Gasteiger partial charge in [-0.1, -0.05) is 11.6 Å². The number of hydrogen-bond donors (Lipinski definition) is 1. The van der Waals surface area contributed by atoms with E-state index in [1.165, 1.54) is 0 Å². The van der Waals surface area contributed by atoms with Gasteiger partial charge in [0, 0.05) is 13.0 Å². The summed E-state index contributed by atoms with van der Waals surface area (Å²) in [6.07, 6.45) is 2.00. The van der Waals surface area contributed by atoms with Gasteiger partial charge in [-0.2, -0.15) is 0 Å². The Bertz CT molecular complexity index is 372. The number of rotatable bonds is 3. The van der Waals surface area contributed by atoms with Gasteiger partial charge in [-0.3, -0.25) is 4.79 Å². The third-order valence-corrected chi connectivity index (χ3v) is 2.75. The molecular formula is C9H12ClN3O. The number of carbonyl (C=O) groups excluding carboxylic acids is 1. The topological polar surface area (TPSA) is 46.9 Å². The number of halogens is 1. The molecule has 1 aliphatic heterocycles. The Labute approximate surface area is 87.3 Å². The van der Waals surface area contributed by atoms with Gasteiger partial charge in [-0.05, 0) is 13.5 Å². The van der Waals surface area contributed by atoms with Crippen LogP contribution in [0.5, 0.6) is 0 Å². The van der Waals surface area contributed by atoms with E-state index in [9.17, 15) is 4.79 Å². The molecule has 0 fully saturated rings. The van der Waals surface area contributed by atoms with Crippen molar-refractivity contribution in [3.05, 3.63) is 16.7 Å². The van der Waals surface area contributed by atoms with Gasteiger partial charge in [0.25, 0.3) is 0 Å². The maximum absolute atomic E-state index is 11.5. The molecule has 0 spiro atoms. The van der Waals surface area contributed by atoms with Crippen LogP contribution in [0.4, 0.5) is 0 Å². The van der Waals surface area contributed by atoms with Gasteiger partial charge >= 0.3 is 0 Å². The summed E-state index contributed by atoms with van der Waals surface area (Å²) >= 11 is 6.05. The van der Waals surface area contributed by atoms with Gasteiger partial charge in [-0.15, -0.1) is 0 Å². The van der Waals surface area contributed by atoms with Gasteiger partial charge < -0.3 is 9.88 Å². The lowest BCUT2D eigenvalue weighted by Gasteiger charge is -1.98. The Morgan fingerprint density at radius 3 is 3.14 bits per heavy atom. The zero-order valence-electron chi connectivity index (χ0n) is 8.01. The number of aromatic nitrogens is 2. The minimum atomic E-state index is -0.0422. The molecular weight excluding hydrogens is 202 g/mol. The highest BCUT2D eigenvalue weighted by molar-refractivity contribution is 6.32. The number of likely N-dealkylation sites (N-methyl/N-ethyl adjacent to an activating group) is 1. The van der Waals surface area contributed by atoms with Crippen molar-refractivity contribution in [1.29, 1.82) is 0 Å². The molecule has 5 heteroatoms. The van der Waals surface area contributed by atoms with Crippen molar-refractivity contribution < 1.29 is 4.79 Å². The normalized spacial score (nSPS) is 14.4. The lowest BCUT2D eigenvalue weighted by molar-refractivity contribution is 0.0989. The molecule has 1 N–H and O–H groups in total. The third-order valence-electron chi connectivity index (χ3n) is 2.37. The molecule has 0 unspecified atom stereocenters. The smallest absolute Gasteiger partial charge is 0.198 e. The molecule has 0 atom stereocenters. The van der Waals surface area contributed by atoms with Crippen molar-refractivity contribution >= 4 is 17.4 Å². The quantitative estimate of drug-likeness (QED) is 0.759. The van der Waals surface area contributed by atoms with Gasteiger partial charge in [0.05, 0.1) is 6.54 Å². The predicted octanol–water partition coefficient (Wildman–Crippen LogP) is 0.885. The number of aryl methyl sites for hydroxylation is 1. The van der Waals surface area contributed by atoms with Crippen molar-refractivity contribution in [1.82, 2.24) is 14.9 Å². The van der Waals surface area contributed by atoms with Crippen LogP contribution in [0.2, 0.25) is 5.15 Å². The van der Waals surface area contributed by atoms with Crippen LogP contribution in [0.25, 0.3) is 0 Å². The SMILES string of the molecule is CNCC(=O)c1nc2n(c1Cl)CCC2. The second kappa shape index (κ2) is 3.71. The lowest BCUT2D eigenvalue weighted by atomic mass is 10.3. The number of fused-ring (bicyclic) bond motifs is 1. The first-order valence-electron chi connectivity index (χ1n) is 4.66. The van der Waals surface area contributed by atoms with E-state index >= 15 is 0 Å². The molecule has 0 radical (unpaired) electrons. The van der Waals surface area contributed by atoms with Crippen LogP contribution in [0, 0.1) is 0 Å². The van der Waals surface area contributed by atoms with E-state index in [2.05, 4.69) is 10.3 Å². The van der Waals surface area contributed by atoms with E-state index < -0.39 is 0 Å². The average Bonchev–Trinajstić information content (AvgIpc) is 2.69. The van der Waals surface area contributed by atoms with E-state index in [4.69, 9.17) is 11.6 Å². The number of ketones is 1. The van der Waals surface area contributed by atoms with Crippen LogP contribution in [0.3, 0.4) is 0 Å². The second-order valence-electron chi connectivity index (χ2n) is 3.38. The number of nitrogens with one attached hydrogen (secondary N) is 1. The molecule has 76 valence electrons. The highest BCUT2D eigenvalue weighted by atomic mass is 35.5. The fraction of sp³-hybridized carbons (Fsp3) is 0.556. The summed E-state index contributed by atoms with van der Waals surface area (Å²) in [7, 11) is 1.73. The number of nitrogens with zero attached hydrogens (tertiary/aromatic N) is 2. The Kier molecular flexibility index (Phi) is 2.56. The molecule has 4 nitrogen and oxygen atoms in total. The van der Waals surface area contributed by atoms with Crippen LogP contribution in [-0.4, -0.2) is 28.9 Å². The molecule has 2 rings (SSSR count). The average molecular weight is 214 g/mol. The Morgan fingerprint density at radius 2 is 2.50 bits per heavy atom. The number of Topliss-reactive ketones (excluding diaryl/α,β-unsaturated/α-hetero) is 1. The molecule has 1 aliphatic rings. The molecule has 0 aliphatic carbocycles. The van der Waals surface area contributed by atoms with Crippen molar-refractivity contribution in [2.24, 2.45) is 0 Å². The summed E-state index contributed by atoms with van der Waals surface area (Å²) in [5.41, 5.74) is 0.413. The second-order valence-corrected chi connectivity index (χ2v) is 3.73. The number of hydrogen-bond acceptors (Lipinski definition) is 3. The van der Waals surface area contributed by atoms with E-state index in [1.807, 2.05) is 4.57 Å². The molecule has 0 bridgehead atoms. The van der Waals surface area contributed by atoms with Crippen molar-refractivity contribution in [2.75, 3.05) is 13.6 Å². The molecule has 14 heavy (non-hydrogen) atoms. The van der Waals surface area contributed by atoms with Crippen LogP contribution in [-0.2, 0) is 13.0 Å². The molecule has 0 aromatic carbocycles. The zero-order chi connectivity index (χ0) is 10.1. The minimum absolute atomic E-state index is 0.0422. The molecule has 0 amide bonds. The highest BCUT2D eigenvalue weighted by Crippen LogP contribution is 2.24. The van der Waals surface area contributed by atoms with Crippen LogP contribution >= 0.6 is 11.6 Å². The zero-order valence-corrected chi connectivity index (χ0v) is 8.76. The Balaban J connectivity index is 2.32. The highest BCUT2D eigenvalue weighted by Gasteiger charge is 2.23. The van der Waals surface area contributed by atoms with Crippen LogP contribution in [0.15, 0.2) is 0 Å². The van der Waals surface area contributed by atoms with Crippen LogP contribution < -0.4 is 5.32 Å². The summed E-state index contributed by atoms with van der Waals surface area (Å²) in [5.74, 6) is 0.897. The predicted molar refractivity (Wildman–Crippen MR) is 53.8 cm³/mol. The van der Waals surface area contributed by atoms with Gasteiger partial charge in [-0.25, -0.2) is 4.98 Å². The lowest BCUT2D eigenvalue weighted by Crippen LogP contribution is -2.19. The monoisotopic (exact) mass is 213 g/mol. The summed E-state index contributed by atoms with van der Waals surface area (Å²) in [5, 5.41) is 3.30. The standard InChI is InChI=1S/C9H12ClN3O/c1-11-5-6(14)8-9(10)13-4-2-3-7(13)12-8/h11H,2-5H2,1H3. The molecule has 2 heterocycles. The fourth-order valence-corrected chi connectivity index (χ4v) is 2.04. The van der Waals surface area contributed by atoms with E-state index in [1.54, 1.807) is 7.05 Å². The van der Waals surface area contributed by atoms with E-state index in [-0.39, 0.29) is 12.3 Å². The summed E-state index contributed by atoms with van der Waals surface area (Å²) in [6, 6.07) is 0. The van der Waals surface area contributed by atoms with E-state index in [0.29, 0.717) is 10.8 Å². The summed E-state index contributed by atoms with van der Waals surface area (Å²) < 4.78 is 1.92. The maximum atomic E-state index is 11.5. The maximum Gasteiger partial charge on any atom is 0.198 e. The third kappa shape index (κ3) is 1.44. The van der Waals surface area contributed by atoms with Crippen molar-refractivity contribution in [3.8, 4) is 0 Å². The fourth-order valence-electron chi connectivity index (χ4n) is 1.71. The first-order valence-corrected chi connectivity index (χ1v) is 5.04. The summed E-state index contributed by atoms with van der Waals surface area (Å²) in [4.78, 5) is 15.8. The Hall–Kier alpha value is -0.870. The molecule has 1 aromatic rings. The largest absolute Gasteiger partial charge is 0.318 e. The van der Waals surface area contributed by atoms with Crippen LogP contribution in [0.1, 0.15) is 22.7 Å². The first-order chi connectivity index (χ1) is 6.74. The first kappa shape index (κ1) is 9.68. The molecule has 1 aromatic heterocycles. The summed E-state index contributed by atoms with van der Waals surface area (Å²) in [6.45, 7) is 1.17. The Morgan fingerprint density at radius 1 is 1.71 bits per heavy atom. The van der Waals surface area contributed by atoms with Gasteiger partial charge in [0.1, 0.15) is 16.7 Å². The van der Waals surface area contributed by atoms with Gasteiger partial charge in [0.15, 0.2) is 5.78 Å². The van der Waals surface area contributed by atoms with Gasteiger partial charge in [0.2, 0.25) is 0 Å². The number of carbonyl (C=O) groups is 1.